The molecule has 6 nitrogen and oxygen atoms in total. The fourth-order valence-corrected chi connectivity index (χ4v) is 4.09. The molecule has 140 valence electrons. The van der Waals surface area contributed by atoms with Crippen LogP contribution in [0.25, 0.3) is 10.9 Å². The highest BCUT2D eigenvalue weighted by Gasteiger charge is 2.45. The minimum absolute atomic E-state index is 0.148. The Balaban J connectivity index is 1.76. The van der Waals surface area contributed by atoms with Crippen LogP contribution in [0.5, 0.6) is 0 Å². The van der Waals surface area contributed by atoms with Gasteiger partial charge in [0.1, 0.15) is 11.1 Å². The number of anilines is 2. The Morgan fingerprint density at radius 1 is 1.44 bits per heavy atom. The lowest BCUT2D eigenvalue weighted by Crippen LogP contribution is -2.59. The maximum absolute atomic E-state index is 14.6. The number of fused-ring (bicyclic) bond motifs is 3. The average molecular weight is 454 g/mol. The van der Waals surface area contributed by atoms with Gasteiger partial charge in [-0.3, -0.25) is 14.6 Å². The summed E-state index contributed by atoms with van der Waals surface area (Å²) in [5.74, 6) is -0.903. The molecule has 2 amide bonds. The van der Waals surface area contributed by atoms with Gasteiger partial charge in [0.15, 0.2) is 5.82 Å². The highest BCUT2D eigenvalue weighted by molar-refractivity contribution is 9.10. The summed E-state index contributed by atoms with van der Waals surface area (Å²) in [5.41, 5.74) is 0.329. The number of rotatable bonds is 1. The molecule has 2 aliphatic rings. The Kier molecular flexibility index (Phi) is 4.35. The molecule has 27 heavy (non-hydrogen) atoms. The minimum atomic E-state index is -0.880. The predicted molar refractivity (Wildman–Crippen MR) is 105 cm³/mol. The van der Waals surface area contributed by atoms with Crippen molar-refractivity contribution >= 4 is 61.6 Å². The second-order valence-corrected chi connectivity index (χ2v) is 7.82. The smallest absolute Gasteiger partial charge is 0.250 e. The Hall–Kier alpha value is -2.19. The van der Waals surface area contributed by atoms with Crippen LogP contribution in [0, 0.1) is 5.82 Å². The van der Waals surface area contributed by atoms with Gasteiger partial charge in [0, 0.05) is 18.5 Å². The zero-order chi connectivity index (χ0) is 19.3. The van der Waals surface area contributed by atoms with Crippen LogP contribution in [-0.2, 0) is 9.59 Å². The van der Waals surface area contributed by atoms with E-state index in [1.165, 1.54) is 12.3 Å². The molecule has 0 bridgehead atoms. The van der Waals surface area contributed by atoms with E-state index in [1.807, 2.05) is 0 Å². The number of likely N-dealkylation sites (tertiary alicyclic amines) is 1. The molecule has 0 unspecified atom stereocenters. The molecule has 9 heteroatoms. The molecular formula is C18H15BrClFN4O2. The first-order valence-corrected chi connectivity index (χ1v) is 9.50. The van der Waals surface area contributed by atoms with Crippen molar-refractivity contribution in [3.8, 4) is 0 Å². The van der Waals surface area contributed by atoms with Crippen molar-refractivity contribution in [2.75, 3.05) is 23.7 Å². The van der Waals surface area contributed by atoms with Crippen LogP contribution in [0.1, 0.15) is 12.8 Å². The van der Waals surface area contributed by atoms with Gasteiger partial charge in [0.05, 0.1) is 27.1 Å². The number of hydrogen-bond donors (Lipinski definition) is 2. The van der Waals surface area contributed by atoms with Crippen molar-refractivity contribution in [1.29, 1.82) is 0 Å². The third-order valence-electron chi connectivity index (χ3n) is 5.15. The standard InChI is InChI=1S/C18H15BrClFN4O2/c1-2-12(26)25-5-3-18(4-6-25)17(27)23-11-8-22-16-9(15(11)24-18)7-10(20)13(19)14(16)21/h2,7-8,24H,1,3-6H2,(H,23,27). The number of nitrogens with zero attached hydrogens (tertiary/aromatic N) is 2. The molecular weight excluding hydrogens is 439 g/mol. The number of hydrogen-bond acceptors (Lipinski definition) is 4. The van der Waals surface area contributed by atoms with E-state index in [-0.39, 0.29) is 26.8 Å². The minimum Gasteiger partial charge on any atom is -0.369 e. The maximum atomic E-state index is 14.6. The van der Waals surface area contributed by atoms with E-state index in [2.05, 4.69) is 38.1 Å². The van der Waals surface area contributed by atoms with Gasteiger partial charge in [-0.2, -0.15) is 0 Å². The van der Waals surface area contributed by atoms with Gasteiger partial charge in [-0.15, -0.1) is 0 Å². The van der Waals surface area contributed by atoms with Crippen molar-refractivity contribution in [1.82, 2.24) is 9.88 Å². The van der Waals surface area contributed by atoms with Gasteiger partial charge in [0.2, 0.25) is 11.8 Å². The summed E-state index contributed by atoms with van der Waals surface area (Å²) < 4.78 is 14.7. The number of halogens is 3. The van der Waals surface area contributed by atoms with Crippen molar-refractivity contribution in [3.05, 3.63) is 40.2 Å². The van der Waals surface area contributed by atoms with Gasteiger partial charge in [-0.25, -0.2) is 4.39 Å². The van der Waals surface area contributed by atoms with Crippen LogP contribution in [-0.4, -0.2) is 40.3 Å². The molecule has 1 fully saturated rings. The van der Waals surface area contributed by atoms with Crippen LogP contribution < -0.4 is 10.6 Å². The van der Waals surface area contributed by atoms with E-state index in [9.17, 15) is 14.0 Å². The number of carbonyl (C=O) groups excluding carboxylic acids is 2. The molecule has 0 radical (unpaired) electrons. The zero-order valence-electron chi connectivity index (χ0n) is 14.1. The average Bonchev–Trinajstić information content (AvgIpc) is 2.67. The number of nitrogens with one attached hydrogen (secondary N) is 2. The third-order valence-corrected chi connectivity index (χ3v) is 6.45. The number of aromatic nitrogens is 1. The monoisotopic (exact) mass is 452 g/mol. The Morgan fingerprint density at radius 3 is 2.81 bits per heavy atom. The quantitative estimate of drug-likeness (QED) is 0.510. The zero-order valence-corrected chi connectivity index (χ0v) is 16.5. The van der Waals surface area contributed by atoms with Crippen molar-refractivity contribution in [3.63, 3.8) is 0 Å². The lowest BCUT2D eigenvalue weighted by atomic mass is 9.84. The molecule has 1 aromatic carbocycles. The first-order chi connectivity index (χ1) is 12.9. The summed E-state index contributed by atoms with van der Waals surface area (Å²) in [5, 5.41) is 6.86. The molecule has 2 aliphatic heterocycles. The largest absolute Gasteiger partial charge is 0.369 e. The van der Waals surface area contributed by atoms with Crippen molar-refractivity contribution < 1.29 is 14.0 Å². The molecule has 0 atom stereocenters. The second-order valence-electron chi connectivity index (χ2n) is 6.62. The van der Waals surface area contributed by atoms with Crippen LogP contribution in [0.2, 0.25) is 5.02 Å². The molecule has 2 N–H and O–H groups in total. The predicted octanol–water partition coefficient (Wildman–Crippen LogP) is 3.70. The van der Waals surface area contributed by atoms with Gasteiger partial charge in [-0.1, -0.05) is 18.2 Å². The Bertz CT molecular complexity index is 1000. The first-order valence-electron chi connectivity index (χ1n) is 8.33. The summed E-state index contributed by atoms with van der Waals surface area (Å²) in [6.07, 6.45) is 3.54. The SMILES string of the molecule is C=CC(=O)N1CCC2(CC1)Nc1c(cnc3c(F)c(Br)c(Cl)cc13)NC2=O. The maximum Gasteiger partial charge on any atom is 0.250 e. The summed E-state index contributed by atoms with van der Waals surface area (Å²) >= 11 is 9.25. The number of pyridine rings is 1. The molecule has 1 aromatic heterocycles. The molecule has 1 saturated heterocycles. The number of benzene rings is 1. The third kappa shape index (κ3) is 2.78. The van der Waals surface area contributed by atoms with Gasteiger partial charge in [0.25, 0.3) is 0 Å². The summed E-state index contributed by atoms with van der Waals surface area (Å²) in [4.78, 5) is 30.4. The summed E-state index contributed by atoms with van der Waals surface area (Å²) in [7, 11) is 0. The van der Waals surface area contributed by atoms with E-state index >= 15 is 0 Å². The molecule has 0 aliphatic carbocycles. The van der Waals surface area contributed by atoms with Gasteiger partial charge < -0.3 is 15.5 Å². The van der Waals surface area contributed by atoms with E-state index in [4.69, 9.17) is 11.6 Å². The van der Waals surface area contributed by atoms with Crippen LogP contribution in [0.15, 0.2) is 29.4 Å². The van der Waals surface area contributed by atoms with E-state index in [0.717, 1.165) is 0 Å². The molecule has 1 spiro atoms. The fraction of sp³-hybridized carbons (Fsp3) is 0.278. The second kappa shape index (κ2) is 6.45. The number of piperidine rings is 1. The summed E-state index contributed by atoms with van der Waals surface area (Å²) in [6, 6.07) is 1.62. The molecule has 0 saturated carbocycles. The lowest BCUT2D eigenvalue weighted by Gasteiger charge is -2.44. The Labute approximate surface area is 167 Å². The van der Waals surface area contributed by atoms with Gasteiger partial charge >= 0.3 is 0 Å². The lowest BCUT2D eigenvalue weighted by molar-refractivity contribution is -0.130. The number of carbonyl (C=O) groups is 2. The number of amides is 2. The van der Waals surface area contributed by atoms with Crippen molar-refractivity contribution in [2.45, 2.75) is 18.4 Å². The Morgan fingerprint density at radius 2 is 2.15 bits per heavy atom. The molecule has 3 heterocycles. The molecule has 4 rings (SSSR count). The topological polar surface area (TPSA) is 74.3 Å². The fourth-order valence-electron chi connectivity index (χ4n) is 3.60. The normalized spacial score (nSPS) is 18.0. The first kappa shape index (κ1) is 18.2. The van der Waals surface area contributed by atoms with Crippen LogP contribution in [0.3, 0.4) is 0 Å². The molecule has 2 aromatic rings. The highest BCUT2D eigenvalue weighted by Crippen LogP contribution is 2.42. The van der Waals surface area contributed by atoms with E-state index in [1.54, 1.807) is 11.0 Å². The van der Waals surface area contributed by atoms with Crippen molar-refractivity contribution in [2.24, 2.45) is 0 Å². The van der Waals surface area contributed by atoms with Gasteiger partial charge in [-0.05, 0) is 40.9 Å². The van der Waals surface area contributed by atoms with E-state index in [0.29, 0.717) is 42.7 Å². The van der Waals surface area contributed by atoms with Crippen LogP contribution >= 0.6 is 27.5 Å². The van der Waals surface area contributed by atoms with E-state index < -0.39 is 11.4 Å². The van der Waals surface area contributed by atoms with Crippen LogP contribution in [0.4, 0.5) is 15.8 Å². The summed E-state index contributed by atoms with van der Waals surface area (Å²) in [6.45, 7) is 4.34. The highest BCUT2D eigenvalue weighted by atomic mass is 79.9.